The molecule has 1 fully saturated rings. The highest BCUT2D eigenvalue weighted by Gasteiger charge is 2.22. The zero-order valence-electron chi connectivity index (χ0n) is 22.0. The summed E-state index contributed by atoms with van der Waals surface area (Å²) < 4.78 is 5.84. The van der Waals surface area contributed by atoms with E-state index in [0.717, 1.165) is 41.0 Å². The molecule has 1 N–H and O–H groups in total. The molecule has 6 nitrogen and oxygen atoms in total. The van der Waals surface area contributed by atoms with Crippen LogP contribution in [-0.2, 0) is 4.79 Å². The smallest absolute Gasteiger partial charge is 0.253 e. The summed E-state index contributed by atoms with van der Waals surface area (Å²) >= 11 is 6.22. The second-order valence-electron chi connectivity index (χ2n) is 9.68. The molecule has 1 saturated heterocycles. The Balaban J connectivity index is 1.12. The third-order valence-corrected chi connectivity index (χ3v) is 7.25. The number of nitrogens with zero attached hydrogens (tertiary/aromatic N) is 2. The van der Waals surface area contributed by atoms with E-state index in [1.807, 2.05) is 97.6 Å². The van der Waals surface area contributed by atoms with Crippen molar-refractivity contribution in [2.24, 2.45) is 0 Å². The summed E-state index contributed by atoms with van der Waals surface area (Å²) in [5.74, 6) is 1.09. The van der Waals surface area contributed by atoms with Gasteiger partial charge in [0.2, 0.25) is 5.91 Å². The van der Waals surface area contributed by atoms with E-state index >= 15 is 0 Å². The summed E-state index contributed by atoms with van der Waals surface area (Å²) in [6, 6.07) is 24.9. The van der Waals surface area contributed by atoms with Gasteiger partial charge in [-0.15, -0.1) is 0 Å². The fourth-order valence-corrected chi connectivity index (χ4v) is 4.67. The molecule has 1 aliphatic rings. The lowest BCUT2D eigenvalue weighted by Crippen LogP contribution is -2.48. The molecule has 2 heterocycles. The average molecular weight is 540 g/mol. The van der Waals surface area contributed by atoms with Gasteiger partial charge in [0.25, 0.3) is 5.91 Å². The van der Waals surface area contributed by atoms with E-state index in [9.17, 15) is 9.59 Å². The number of furan rings is 1. The van der Waals surface area contributed by atoms with Crippen LogP contribution in [0.4, 0.5) is 11.4 Å². The van der Waals surface area contributed by atoms with Gasteiger partial charge in [0.05, 0.1) is 0 Å². The number of piperazine rings is 1. The van der Waals surface area contributed by atoms with Crippen LogP contribution in [0.3, 0.4) is 0 Å². The Labute approximate surface area is 233 Å². The van der Waals surface area contributed by atoms with E-state index in [1.54, 1.807) is 6.08 Å². The van der Waals surface area contributed by atoms with E-state index in [0.29, 0.717) is 35.3 Å². The van der Waals surface area contributed by atoms with Crippen LogP contribution in [-0.4, -0.2) is 42.9 Å². The molecule has 0 saturated carbocycles. The van der Waals surface area contributed by atoms with Gasteiger partial charge in [0.15, 0.2) is 0 Å². The number of hydrogen-bond donors (Lipinski definition) is 1. The van der Waals surface area contributed by atoms with Crippen LogP contribution in [0.15, 0.2) is 89.4 Å². The summed E-state index contributed by atoms with van der Waals surface area (Å²) in [6.45, 7) is 6.81. The van der Waals surface area contributed by atoms with Crippen molar-refractivity contribution in [3.8, 4) is 11.3 Å². The number of aryl methyl sites for hydroxylation is 2. The number of carbonyl (C=O) groups is 2. The van der Waals surface area contributed by atoms with Gasteiger partial charge in [0.1, 0.15) is 11.5 Å². The van der Waals surface area contributed by atoms with Crippen molar-refractivity contribution < 1.29 is 14.0 Å². The maximum atomic E-state index is 12.8. The second kappa shape index (κ2) is 11.6. The van der Waals surface area contributed by atoms with Gasteiger partial charge in [-0.05, 0) is 80.1 Å². The van der Waals surface area contributed by atoms with Gasteiger partial charge in [-0.3, -0.25) is 9.59 Å². The number of anilines is 2. The Bertz CT molecular complexity index is 1500. The van der Waals surface area contributed by atoms with Crippen LogP contribution >= 0.6 is 11.6 Å². The summed E-state index contributed by atoms with van der Waals surface area (Å²) in [7, 11) is 0. The highest BCUT2D eigenvalue weighted by molar-refractivity contribution is 6.31. The standard InChI is InChI=1S/C32H30ClN3O3/c1-22-3-6-24(7-4-22)32(38)36-19-17-35(18-20-36)27-11-9-26(10-12-27)34-31(37)16-14-28-13-15-30(39-28)25-8-5-23(2)29(33)21-25/h3-16,21H,17-20H2,1-2H3,(H,34,37). The predicted octanol–water partition coefficient (Wildman–Crippen LogP) is 6.83. The number of halogens is 1. The van der Waals surface area contributed by atoms with Crippen LogP contribution in [0.5, 0.6) is 0 Å². The highest BCUT2D eigenvalue weighted by atomic mass is 35.5. The summed E-state index contributed by atoms with van der Waals surface area (Å²) in [5, 5.41) is 3.56. The van der Waals surface area contributed by atoms with Crippen molar-refractivity contribution in [1.29, 1.82) is 0 Å². The fraction of sp³-hybridized carbons (Fsp3) is 0.188. The molecule has 3 aromatic carbocycles. The molecule has 0 unspecified atom stereocenters. The Morgan fingerprint density at radius 3 is 2.28 bits per heavy atom. The summed E-state index contributed by atoms with van der Waals surface area (Å²) in [6.07, 6.45) is 3.09. The van der Waals surface area contributed by atoms with Gasteiger partial charge in [0, 0.05) is 59.8 Å². The van der Waals surface area contributed by atoms with Crippen LogP contribution in [0.1, 0.15) is 27.2 Å². The number of rotatable bonds is 6. The Morgan fingerprint density at radius 1 is 0.872 bits per heavy atom. The minimum atomic E-state index is -0.248. The largest absolute Gasteiger partial charge is 0.457 e. The molecule has 7 heteroatoms. The second-order valence-corrected chi connectivity index (χ2v) is 10.1. The molecule has 5 rings (SSSR count). The fourth-order valence-electron chi connectivity index (χ4n) is 4.49. The molecule has 0 atom stereocenters. The Hall–Kier alpha value is -4.29. The van der Waals surface area contributed by atoms with Gasteiger partial charge in [-0.2, -0.15) is 0 Å². The number of hydrogen-bond acceptors (Lipinski definition) is 4. The topological polar surface area (TPSA) is 65.8 Å². The summed E-state index contributed by atoms with van der Waals surface area (Å²) in [4.78, 5) is 29.4. The quantitative estimate of drug-likeness (QED) is 0.273. The molecule has 1 aliphatic heterocycles. The first-order chi connectivity index (χ1) is 18.9. The summed E-state index contributed by atoms with van der Waals surface area (Å²) in [5.41, 5.74) is 5.52. The lowest BCUT2D eigenvalue weighted by Gasteiger charge is -2.36. The van der Waals surface area contributed by atoms with E-state index < -0.39 is 0 Å². The first-order valence-corrected chi connectivity index (χ1v) is 13.3. The zero-order chi connectivity index (χ0) is 27.4. The van der Waals surface area contributed by atoms with Crippen molar-refractivity contribution in [3.05, 3.63) is 112 Å². The normalized spacial score (nSPS) is 13.6. The van der Waals surface area contributed by atoms with Gasteiger partial charge in [-0.1, -0.05) is 41.4 Å². The SMILES string of the molecule is Cc1ccc(C(=O)N2CCN(c3ccc(NC(=O)C=Cc4ccc(-c5ccc(C)c(Cl)c5)o4)cc3)CC2)cc1. The van der Waals surface area contributed by atoms with Crippen LogP contribution in [0, 0.1) is 13.8 Å². The van der Waals surface area contributed by atoms with Gasteiger partial charge >= 0.3 is 0 Å². The third-order valence-electron chi connectivity index (χ3n) is 6.85. The van der Waals surface area contributed by atoms with Crippen LogP contribution in [0.25, 0.3) is 17.4 Å². The van der Waals surface area contributed by atoms with Crippen molar-refractivity contribution in [1.82, 2.24) is 4.90 Å². The molecule has 0 radical (unpaired) electrons. The van der Waals surface area contributed by atoms with Crippen molar-refractivity contribution in [2.75, 3.05) is 36.4 Å². The molecule has 4 aromatic rings. The number of benzene rings is 3. The first-order valence-electron chi connectivity index (χ1n) is 12.9. The molecule has 1 aromatic heterocycles. The minimum Gasteiger partial charge on any atom is -0.457 e. The Kier molecular flexibility index (Phi) is 7.84. The number of carbonyl (C=O) groups excluding carboxylic acids is 2. The highest BCUT2D eigenvalue weighted by Crippen LogP contribution is 2.27. The molecule has 0 aliphatic carbocycles. The Morgan fingerprint density at radius 2 is 1.59 bits per heavy atom. The molecular formula is C32H30ClN3O3. The van der Waals surface area contributed by atoms with Gasteiger partial charge < -0.3 is 19.5 Å². The lowest BCUT2D eigenvalue weighted by molar-refractivity contribution is -0.111. The number of nitrogens with one attached hydrogen (secondary N) is 1. The lowest BCUT2D eigenvalue weighted by atomic mass is 10.1. The molecular weight excluding hydrogens is 510 g/mol. The van der Waals surface area contributed by atoms with E-state index in [4.69, 9.17) is 16.0 Å². The van der Waals surface area contributed by atoms with Gasteiger partial charge in [-0.25, -0.2) is 0 Å². The van der Waals surface area contributed by atoms with E-state index in [2.05, 4.69) is 10.2 Å². The minimum absolute atomic E-state index is 0.0751. The molecule has 39 heavy (non-hydrogen) atoms. The molecule has 198 valence electrons. The van der Waals surface area contributed by atoms with Crippen molar-refractivity contribution in [3.63, 3.8) is 0 Å². The average Bonchev–Trinajstić information content (AvgIpc) is 3.43. The van der Waals surface area contributed by atoms with Crippen molar-refractivity contribution in [2.45, 2.75) is 13.8 Å². The maximum absolute atomic E-state index is 12.8. The molecule has 0 spiro atoms. The molecule has 2 amide bonds. The molecule has 0 bridgehead atoms. The van der Waals surface area contributed by atoms with Crippen molar-refractivity contribution >= 4 is 40.9 Å². The van der Waals surface area contributed by atoms with Crippen LogP contribution in [0.2, 0.25) is 5.02 Å². The van der Waals surface area contributed by atoms with E-state index in [-0.39, 0.29) is 11.8 Å². The maximum Gasteiger partial charge on any atom is 0.253 e. The predicted molar refractivity (Wildman–Crippen MR) is 157 cm³/mol. The monoisotopic (exact) mass is 539 g/mol. The zero-order valence-corrected chi connectivity index (χ0v) is 22.7. The van der Waals surface area contributed by atoms with Crippen LogP contribution < -0.4 is 10.2 Å². The first kappa shape index (κ1) is 26.3. The third kappa shape index (κ3) is 6.41. The van der Waals surface area contributed by atoms with E-state index in [1.165, 1.54) is 6.08 Å². The number of amides is 2.